The number of nitrogens with zero attached hydrogens (tertiary/aromatic N) is 2. The molecule has 0 bridgehead atoms. The molecule has 7 nitrogen and oxygen atoms in total. The van der Waals surface area contributed by atoms with E-state index >= 15 is 0 Å². The first kappa shape index (κ1) is 19.8. The molecule has 1 unspecified atom stereocenters. The third-order valence-electron chi connectivity index (χ3n) is 4.40. The number of para-hydroxylation sites is 2. The van der Waals surface area contributed by atoms with E-state index in [9.17, 15) is 17.2 Å². The molecule has 3 N–H and O–H groups in total. The zero-order chi connectivity index (χ0) is 21.3. The van der Waals surface area contributed by atoms with Gasteiger partial charge in [-0.2, -0.15) is 0 Å². The number of hydrogen-bond acceptors (Lipinski definition) is 5. The molecule has 0 saturated heterocycles. The van der Waals surface area contributed by atoms with Crippen LogP contribution in [0.5, 0.6) is 0 Å². The highest BCUT2D eigenvalue weighted by molar-refractivity contribution is 7.92. The number of hydrogen-bond donors (Lipinski definition) is 3. The van der Waals surface area contributed by atoms with Crippen LogP contribution in [0.1, 0.15) is 18.8 Å². The smallest absolute Gasteiger partial charge is 0.263 e. The summed E-state index contributed by atoms with van der Waals surface area (Å²) in [5.41, 5.74) is 1.67. The number of rotatable bonds is 6. The quantitative estimate of drug-likeness (QED) is 0.426. The van der Waals surface area contributed by atoms with E-state index in [2.05, 4.69) is 25.0 Å². The lowest BCUT2D eigenvalue weighted by molar-refractivity contribution is 0.509. The number of fused-ring (bicyclic) bond motifs is 1. The minimum absolute atomic E-state index is 0.0883. The fraction of sp³-hybridized carbons (Fsp3) is 0.100. The highest BCUT2D eigenvalue weighted by atomic mass is 32.2. The van der Waals surface area contributed by atoms with Gasteiger partial charge in [-0.15, -0.1) is 0 Å². The number of nitrogens with one attached hydrogen (secondary N) is 3. The highest BCUT2D eigenvalue weighted by Gasteiger charge is 2.17. The zero-order valence-corrected chi connectivity index (χ0v) is 16.5. The molecule has 4 aromatic rings. The molecule has 0 fully saturated rings. The summed E-state index contributed by atoms with van der Waals surface area (Å²) in [5.74, 6) is -1.04. The van der Waals surface area contributed by atoms with E-state index in [1.807, 2.05) is 31.2 Å². The van der Waals surface area contributed by atoms with Crippen LogP contribution in [0, 0.1) is 11.6 Å². The van der Waals surface area contributed by atoms with Crippen molar-refractivity contribution in [2.75, 3.05) is 10.0 Å². The average Bonchev–Trinajstić information content (AvgIpc) is 3.15. The number of imidazole rings is 1. The van der Waals surface area contributed by atoms with E-state index in [1.54, 1.807) is 0 Å². The summed E-state index contributed by atoms with van der Waals surface area (Å²) in [4.78, 5) is 11.8. The third kappa shape index (κ3) is 4.08. The second-order valence-corrected chi connectivity index (χ2v) is 8.30. The molecule has 30 heavy (non-hydrogen) atoms. The van der Waals surface area contributed by atoms with E-state index in [0.717, 1.165) is 35.1 Å². The summed E-state index contributed by atoms with van der Waals surface area (Å²) < 4.78 is 53.4. The van der Waals surface area contributed by atoms with Crippen LogP contribution in [0.2, 0.25) is 0 Å². The summed E-state index contributed by atoms with van der Waals surface area (Å²) >= 11 is 0. The predicted octanol–water partition coefficient (Wildman–Crippen LogP) is 4.21. The molecule has 2 aromatic heterocycles. The Bertz CT molecular complexity index is 1270. The van der Waals surface area contributed by atoms with Gasteiger partial charge in [0, 0.05) is 12.3 Å². The third-order valence-corrected chi connectivity index (χ3v) is 5.77. The maximum Gasteiger partial charge on any atom is 0.263 e. The van der Waals surface area contributed by atoms with E-state index in [-0.39, 0.29) is 16.6 Å². The van der Waals surface area contributed by atoms with Crippen molar-refractivity contribution in [3.63, 3.8) is 0 Å². The predicted molar refractivity (Wildman–Crippen MR) is 110 cm³/mol. The van der Waals surface area contributed by atoms with Gasteiger partial charge in [0.25, 0.3) is 10.0 Å². The maximum absolute atomic E-state index is 13.3. The Morgan fingerprint density at radius 2 is 1.83 bits per heavy atom. The maximum atomic E-state index is 13.3. The van der Waals surface area contributed by atoms with Gasteiger partial charge in [-0.3, -0.25) is 4.72 Å². The Labute approximate surface area is 171 Å². The lowest BCUT2D eigenvalue weighted by Crippen LogP contribution is -2.14. The molecule has 1 atom stereocenters. The van der Waals surface area contributed by atoms with Crippen LogP contribution in [0.4, 0.5) is 20.3 Å². The molecular weight excluding hydrogens is 412 g/mol. The van der Waals surface area contributed by atoms with Crippen LogP contribution in [0.15, 0.2) is 65.7 Å². The SMILES string of the molecule is CC(Nc1ccc(S(=O)(=O)Nc2ccc(F)c(F)c2)cn1)c1nc2ccccc2[nH]1. The van der Waals surface area contributed by atoms with E-state index in [1.165, 1.54) is 18.3 Å². The molecule has 4 rings (SSSR count). The van der Waals surface area contributed by atoms with Crippen LogP contribution in [0.25, 0.3) is 11.0 Å². The fourth-order valence-corrected chi connectivity index (χ4v) is 3.86. The Balaban J connectivity index is 1.48. The van der Waals surface area contributed by atoms with Gasteiger partial charge < -0.3 is 10.3 Å². The summed E-state index contributed by atoms with van der Waals surface area (Å²) in [6.45, 7) is 1.90. The minimum atomic E-state index is -4.01. The molecule has 0 amide bonds. The minimum Gasteiger partial charge on any atom is -0.360 e. The number of aromatic amines is 1. The molecule has 0 aliphatic carbocycles. The van der Waals surface area contributed by atoms with Crippen LogP contribution >= 0.6 is 0 Å². The molecule has 0 saturated carbocycles. The van der Waals surface area contributed by atoms with Gasteiger partial charge in [-0.1, -0.05) is 12.1 Å². The summed E-state index contributed by atoms with van der Waals surface area (Å²) in [6, 6.07) is 13.1. The number of aromatic nitrogens is 3. The Morgan fingerprint density at radius 1 is 1.03 bits per heavy atom. The topological polar surface area (TPSA) is 99.8 Å². The first-order valence-corrected chi connectivity index (χ1v) is 10.5. The molecule has 2 heterocycles. The standard InChI is InChI=1S/C20H17F2N5O2S/c1-12(20-25-17-4-2-3-5-18(17)26-20)24-19-9-7-14(11-23-19)30(28,29)27-13-6-8-15(21)16(22)10-13/h2-12,27H,1H3,(H,23,24)(H,25,26). The number of benzene rings is 2. The molecule has 0 spiro atoms. The molecule has 154 valence electrons. The summed E-state index contributed by atoms with van der Waals surface area (Å²) in [6.07, 6.45) is 1.18. The number of H-pyrrole nitrogens is 1. The number of pyridine rings is 1. The van der Waals surface area contributed by atoms with Crippen molar-refractivity contribution < 1.29 is 17.2 Å². The van der Waals surface area contributed by atoms with Gasteiger partial charge in [0.2, 0.25) is 0 Å². The Hall–Kier alpha value is -3.53. The van der Waals surface area contributed by atoms with Crippen molar-refractivity contribution in [2.45, 2.75) is 17.9 Å². The summed E-state index contributed by atoms with van der Waals surface area (Å²) in [7, 11) is -4.01. The highest BCUT2D eigenvalue weighted by Crippen LogP contribution is 2.21. The van der Waals surface area contributed by atoms with E-state index in [4.69, 9.17) is 0 Å². The first-order valence-electron chi connectivity index (χ1n) is 8.97. The Morgan fingerprint density at radius 3 is 2.53 bits per heavy atom. The van der Waals surface area contributed by atoms with Crippen molar-refractivity contribution in [1.82, 2.24) is 15.0 Å². The lowest BCUT2D eigenvalue weighted by atomic mass is 10.3. The molecule has 0 aliphatic rings. The van der Waals surface area contributed by atoms with Crippen LogP contribution in [0.3, 0.4) is 0 Å². The molecule has 10 heteroatoms. The molecule has 2 aromatic carbocycles. The molecular formula is C20H17F2N5O2S. The Kier molecular flexibility index (Phi) is 5.08. The lowest BCUT2D eigenvalue weighted by Gasteiger charge is -2.13. The number of halogens is 2. The summed E-state index contributed by atoms with van der Waals surface area (Å²) in [5, 5.41) is 3.15. The van der Waals surface area contributed by atoms with Gasteiger partial charge in [-0.25, -0.2) is 27.2 Å². The van der Waals surface area contributed by atoms with Gasteiger partial charge in [-0.05, 0) is 43.3 Å². The molecule has 0 aliphatic heterocycles. The zero-order valence-electron chi connectivity index (χ0n) is 15.7. The van der Waals surface area contributed by atoms with Crippen LogP contribution in [-0.4, -0.2) is 23.4 Å². The van der Waals surface area contributed by atoms with Crippen molar-refractivity contribution in [2.24, 2.45) is 0 Å². The van der Waals surface area contributed by atoms with Gasteiger partial charge in [0.1, 0.15) is 16.5 Å². The fourth-order valence-electron chi connectivity index (χ4n) is 2.87. The van der Waals surface area contributed by atoms with E-state index < -0.39 is 21.7 Å². The average molecular weight is 429 g/mol. The monoisotopic (exact) mass is 429 g/mol. The van der Waals surface area contributed by atoms with E-state index in [0.29, 0.717) is 5.82 Å². The first-order chi connectivity index (χ1) is 14.3. The van der Waals surface area contributed by atoms with Crippen molar-refractivity contribution >= 4 is 32.6 Å². The number of anilines is 2. The largest absolute Gasteiger partial charge is 0.360 e. The van der Waals surface area contributed by atoms with Gasteiger partial charge in [0.15, 0.2) is 11.6 Å². The van der Waals surface area contributed by atoms with Crippen molar-refractivity contribution in [1.29, 1.82) is 0 Å². The second-order valence-electron chi connectivity index (χ2n) is 6.62. The number of sulfonamides is 1. The van der Waals surface area contributed by atoms with Crippen LogP contribution in [-0.2, 0) is 10.0 Å². The van der Waals surface area contributed by atoms with Crippen LogP contribution < -0.4 is 10.0 Å². The second kappa shape index (κ2) is 7.71. The van der Waals surface area contributed by atoms with Gasteiger partial charge >= 0.3 is 0 Å². The molecule has 0 radical (unpaired) electrons. The van der Waals surface area contributed by atoms with Crippen molar-refractivity contribution in [3.05, 3.63) is 78.3 Å². The normalized spacial score (nSPS) is 12.6. The van der Waals surface area contributed by atoms with Crippen molar-refractivity contribution in [3.8, 4) is 0 Å². The van der Waals surface area contributed by atoms with Gasteiger partial charge in [0.05, 0.1) is 22.8 Å².